The molecule has 0 amide bonds. The molecule has 3 heteroatoms. The Kier molecular flexibility index (Phi) is 9.21. The Morgan fingerprint density at radius 2 is 0.833 bits per heavy atom. The lowest BCUT2D eigenvalue weighted by Crippen LogP contribution is -2.24. The van der Waals surface area contributed by atoms with Gasteiger partial charge in [0.1, 0.15) is 11.5 Å². The van der Waals surface area contributed by atoms with E-state index in [1.165, 1.54) is 37.4 Å². The van der Waals surface area contributed by atoms with Crippen molar-refractivity contribution in [2.45, 2.75) is 19.8 Å². The average Bonchev–Trinajstić information content (AvgIpc) is 3.05. The number of ether oxygens (including phenoxy) is 1. The highest BCUT2D eigenvalue weighted by Gasteiger charge is 2.24. The van der Waals surface area contributed by atoms with Crippen LogP contribution < -0.4 is 36.6 Å². The zero-order valence-corrected chi connectivity index (χ0v) is 25.6. The molecule has 0 bridgehead atoms. The van der Waals surface area contributed by atoms with Crippen LogP contribution >= 0.6 is 15.8 Å². The molecule has 0 saturated carbocycles. The first kappa shape index (κ1) is 28.1. The summed E-state index contributed by atoms with van der Waals surface area (Å²) in [5.74, 6) is 1.87. The molecule has 0 spiro atoms. The summed E-state index contributed by atoms with van der Waals surface area (Å²) in [7, 11) is -1.63. The Morgan fingerprint density at radius 3 is 1.29 bits per heavy atom. The highest BCUT2D eigenvalue weighted by atomic mass is 31.1. The van der Waals surface area contributed by atoms with Gasteiger partial charge in [-0.2, -0.15) is 0 Å². The maximum absolute atomic E-state index is 7.11. The highest BCUT2D eigenvalue weighted by Crippen LogP contribution is 2.41. The van der Waals surface area contributed by atoms with Crippen molar-refractivity contribution in [1.29, 1.82) is 0 Å². The van der Waals surface area contributed by atoms with Crippen molar-refractivity contribution < 1.29 is 4.74 Å². The van der Waals surface area contributed by atoms with Crippen molar-refractivity contribution in [3.8, 4) is 11.5 Å². The fourth-order valence-electron chi connectivity index (χ4n) is 5.28. The highest BCUT2D eigenvalue weighted by molar-refractivity contribution is 7.80. The Bertz CT molecular complexity index is 1630. The van der Waals surface area contributed by atoms with E-state index in [4.69, 9.17) is 4.74 Å². The summed E-state index contributed by atoms with van der Waals surface area (Å²) in [5.41, 5.74) is 1.30. The van der Waals surface area contributed by atoms with E-state index in [1.807, 2.05) is 0 Å². The number of benzene rings is 6. The minimum Gasteiger partial charge on any atom is -0.456 e. The van der Waals surface area contributed by atoms with Gasteiger partial charge in [0, 0.05) is 10.6 Å². The van der Waals surface area contributed by atoms with Gasteiger partial charge in [0.25, 0.3) is 0 Å². The molecule has 0 aliphatic carbocycles. The molecule has 0 fully saturated rings. The van der Waals surface area contributed by atoms with Crippen LogP contribution in [0.3, 0.4) is 0 Å². The number of para-hydroxylation sites is 1. The third-order valence-electron chi connectivity index (χ3n) is 7.19. The van der Waals surface area contributed by atoms with Crippen LogP contribution in [0.4, 0.5) is 0 Å². The molecule has 6 aromatic rings. The molecule has 0 N–H and O–H groups in total. The molecule has 0 radical (unpaired) electrons. The van der Waals surface area contributed by atoms with Crippen LogP contribution in [0.15, 0.2) is 164 Å². The maximum atomic E-state index is 7.11. The molecule has 0 aliphatic heterocycles. The van der Waals surface area contributed by atoms with E-state index in [-0.39, 0.29) is 0 Å². The lowest BCUT2D eigenvalue weighted by Gasteiger charge is -2.25. The summed E-state index contributed by atoms with van der Waals surface area (Å²) in [6.45, 7) is 2.23. The van der Waals surface area contributed by atoms with Crippen molar-refractivity contribution in [3.63, 3.8) is 0 Å². The average molecular weight is 581 g/mol. The van der Waals surface area contributed by atoms with E-state index in [9.17, 15) is 0 Å². The molecule has 0 unspecified atom stereocenters. The van der Waals surface area contributed by atoms with Gasteiger partial charge in [0.2, 0.25) is 0 Å². The van der Waals surface area contributed by atoms with E-state index < -0.39 is 15.8 Å². The van der Waals surface area contributed by atoms with E-state index in [0.29, 0.717) is 0 Å². The summed E-state index contributed by atoms with van der Waals surface area (Å²) in [6.07, 6.45) is 2.11. The summed E-state index contributed by atoms with van der Waals surface area (Å²) < 4.78 is 7.11. The summed E-state index contributed by atoms with van der Waals surface area (Å²) in [6, 6.07) is 58.9. The van der Waals surface area contributed by atoms with E-state index >= 15 is 0 Å². The Morgan fingerprint density at radius 1 is 0.429 bits per heavy atom. The standard InChI is InChI=1S/C39H34OP2/c1-2-17-31-28-29-39(42(34-22-11-5-12-23-34)35-24-13-6-14-25-35)37(30-31)40-36-26-15-16-27-38(36)41(32-18-7-3-8-19-32)33-20-9-4-10-21-33/h3-16,18-30H,2,17H2,1H3. The Balaban J connectivity index is 1.50. The van der Waals surface area contributed by atoms with E-state index in [1.54, 1.807) is 0 Å². The molecule has 0 atom stereocenters. The summed E-state index contributed by atoms with van der Waals surface area (Å²) >= 11 is 0. The molecule has 0 saturated heterocycles. The first-order valence-electron chi connectivity index (χ1n) is 14.5. The predicted octanol–water partition coefficient (Wildman–Crippen LogP) is 7.95. The topological polar surface area (TPSA) is 9.23 Å². The van der Waals surface area contributed by atoms with Crippen LogP contribution in [0, 0.1) is 0 Å². The van der Waals surface area contributed by atoms with Crippen LogP contribution in [-0.4, -0.2) is 0 Å². The number of hydrogen-bond acceptors (Lipinski definition) is 1. The van der Waals surface area contributed by atoms with Gasteiger partial charge in [0.15, 0.2) is 0 Å². The monoisotopic (exact) mass is 580 g/mol. The number of aryl methyl sites for hydroxylation is 1. The molecule has 0 aromatic heterocycles. The summed E-state index contributed by atoms with van der Waals surface area (Å²) in [5, 5.41) is 7.71. The van der Waals surface area contributed by atoms with Crippen LogP contribution in [0.1, 0.15) is 18.9 Å². The molecular formula is C39H34OP2. The first-order valence-corrected chi connectivity index (χ1v) is 17.2. The van der Waals surface area contributed by atoms with Crippen LogP contribution in [0.2, 0.25) is 0 Å². The largest absolute Gasteiger partial charge is 0.456 e. The molecular weight excluding hydrogens is 546 g/mol. The minimum absolute atomic E-state index is 0.810. The fraction of sp³-hybridized carbons (Fsp3) is 0.0769. The number of hydrogen-bond donors (Lipinski definition) is 0. The fourth-order valence-corrected chi connectivity index (χ4v) is 10.00. The Hall–Kier alpha value is -4.02. The lowest BCUT2D eigenvalue weighted by molar-refractivity contribution is 0.490. The quantitative estimate of drug-likeness (QED) is 0.150. The van der Waals surface area contributed by atoms with Crippen molar-refractivity contribution in [3.05, 3.63) is 169 Å². The van der Waals surface area contributed by atoms with Crippen molar-refractivity contribution in [2.75, 3.05) is 0 Å². The van der Waals surface area contributed by atoms with Crippen LogP contribution in [0.25, 0.3) is 0 Å². The van der Waals surface area contributed by atoms with Gasteiger partial charge in [0.05, 0.1) is 0 Å². The van der Waals surface area contributed by atoms with Gasteiger partial charge in [-0.1, -0.05) is 159 Å². The molecule has 206 valence electrons. The molecule has 1 nitrogen and oxygen atoms in total. The van der Waals surface area contributed by atoms with Gasteiger partial charge in [-0.3, -0.25) is 0 Å². The van der Waals surface area contributed by atoms with Crippen molar-refractivity contribution in [2.24, 2.45) is 0 Å². The smallest absolute Gasteiger partial charge is 0.136 e. The zero-order chi connectivity index (χ0) is 28.6. The molecule has 0 heterocycles. The second-order valence-corrected chi connectivity index (χ2v) is 14.5. The maximum Gasteiger partial charge on any atom is 0.136 e. The van der Waals surface area contributed by atoms with Crippen molar-refractivity contribution >= 4 is 47.7 Å². The molecule has 0 aliphatic rings. The Labute approximate surface area is 252 Å². The molecule has 6 aromatic carbocycles. The van der Waals surface area contributed by atoms with Gasteiger partial charge in [-0.25, -0.2) is 0 Å². The molecule has 6 rings (SSSR count). The van der Waals surface area contributed by atoms with Crippen LogP contribution in [0.5, 0.6) is 11.5 Å². The summed E-state index contributed by atoms with van der Waals surface area (Å²) in [4.78, 5) is 0. The SMILES string of the molecule is CCCc1ccc(P(c2ccccc2)c2ccccc2)c(Oc2ccccc2P(c2ccccc2)c2ccccc2)c1. The second-order valence-electron chi connectivity index (χ2n) is 10.1. The second kappa shape index (κ2) is 13.8. The van der Waals surface area contributed by atoms with Gasteiger partial charge < -0.3 is 4.74 Å². The third kappa shape index (κ3) is 6.39. The van der Waals surface area contributed by atoms with Crippen LogP contribution in [-0.2, 0) is 6.42 Å². The van der Waals surface area contributed by atoms with Gasteiger partial charge in [-0.05, 0) is 67.2 Å². The van der Waals surface area contributed by atoms with Crippen molar-refractivity contribution in [1.82, 2.24) is 0 Å². The first-order chi connectivity index (χ1) is 20.8. The van der Waals surface area contributed by atoms with Gasteiger partial charge >= 0.3 is 0 Å². The normalized spacial score (nSPS) is 11.1. The number of rotatable bonds is 10. The third-order valence-corrected chi connectivity index (χ3v) is 12.1. The van der Waals surface area contributed by atoms with E-state index in [2.05, 4.69) is 171 Å². The predicted molar refractivity (Wildman–Crippen MR) is 184 cm³/mol. The van der Waals surface area contributed by atoms with Gasteiger partial charge in [-0.15, -0.1) is 0 Å². The zero-order valence-electron chi connectivity index (χ0n) is 23.8. The van der Waals surface area contributed by atoms with E-state index in [0.717, 1.165) is 24.3 Å². The lowest BCUT2D eigenvalue weighted by atomic mass is 10.1. The molecule has 42 heavy (non-hydrogen) atoms. The minimum atomic E-state index is -0.817.